The topological polar surface area (TPSA) is 44.9 Å². The summed E-state index contributed by atoms with van der Waals surface area (Å²) < 4.78 is 0. The summed E-state index contributed by atoms with van der Waals surface area (Å²) in [7, 11) is 0. The van der Waals surface area contributed by atoms with Crippen molar-refractivity contribution in [3.8, 4) is 0 Å². The number of piperidine rings is 2. The first-order valence-corrected chi connectivity index (χ1v) is 9.12. The van der Waals surface area contributed by atoms with Crippen LogP contribution in [0.5, 0.6) is 0 Å². The van der Waals surface area contributed by atoms with Crippen LogP contribution >= 0.6 is 0 Å². The Kier molecular flexibility index (Phi) is 5.42. The Balaban J connectivity index is 1.68. The lowest BCUT2D eigenvalue weighted by atomic mass is 10.0. The largest absolute Gasteiger partial charge is 0.371 e. The van der Waals surface area contributed by atoms with Crippen molar-refractivity contribution in [3.63, 3.8) is 0 Å². The number of likely N-dealkylation sites (tertiary alicyclic amines) is 1. The van der Waals surface area contributed by atoms with Crippen LogP contribution < -0.4 is 10.6 Å². The van der Waals surface area contributed by atoms with Gasteiger partial charge >= 0.3 is 0 Å². The summed E-state index contributed by atoms with van der Waals surface area (Å²) in [5.74, 6) is 1.43. The molecule has 1 atom stereocenters. The fourth-order valence-electron chi connectivity index (χ4n) is 3.75. The van der Waals surface area contributed by atoms with Gasteiger partial charge in [0, 0.05) is 31.9 Å². The molecule has 0 aliphatic carbocycles. The molecule has 0 radical (unpaired) electrons. The van der Waals surface area contributed by atoms with E-state index in [1.165, 1.54) is 56.4 Å². The summed E-state index contributed by atoms with van der Waals surface area (Å²) in [5.41, 5.74) is 8.89. The predicted molar refractivity (Wildman–Crippen MR) is 97.8 cm³/mol. The third-order valence-corrected chi connectivity index (χ3v) is 5.08. The van der Waals surface area contributed by atoms with E-state index < -0.39 is 0 Å². The normalized spacial score (nSPS) is 23.2. The molecule has 2 fully saturated rings. The monoisotopic (exact) mass is 314 g/mol. The smallest absolute Gasteiger partial charge is 0.191 e. The third-order valence-electron chi connectivity index (χ3n) is 5.08. The molecule has 1 aromatic carbocycles. The van der Waals surface area contributed by atoms with Gasteiger partial charge in [0.15, 0.2) is 5.96 Å². The molecule has 2 aliphatic heterocycles. The zero-order chi connectivity index (χ0) is 16.1. The first-order chi connectivity index (χ1) is 11.2. The number of guanidine groups is 1. The molecule has 1 unspecified atom stereocenters. The molecule has 0 amide bonds. The van der Waals surface area contributed by atoms with Gasteiger partial charge in [-0.25, -0.2) is 4.99 Å². The van der Waals surface area contributed by atoms with E-state index in [9.17, 15) is 0 Å². The van der Waals surface area contributed by atoms with E-state index in [0.717, 1.165) is 19.0 Å². The van der Waals surface area contributed by atoms with E-state index in [2.05, 4.69) is 41.0 Å². The Labute approximate surface area is 140 Å². The molecule has 2 N–H and O–H groups in total. The van der Waals surface area contributed by atoms with Gasteiger partial charge in [0.25, 0.3) is 0 Å². The van der Waals surface area contributed by atoms with E-state index in [1.54, 1.807) is 0 Å². The standard InChI is InChI=1S/C19H30N4/c1-16-8-7-13-23(15-16)19(20)21-14-17-9-3-4-10-18(17)22-11-5-2-6-12-22/h3-4,9-10,16H,2,5-8,11-15H2,1H3,(H2,20,21). The van der Waals surface area contributed by atoms with Gasteiger partial charge in [-0.05, 0) is 49.7 Å². The Hall–Kier alpha value is -1.71. The number of rotatable bonds is 3. The molecule has 0 bridgehead atoms. The number of anilines is 1. The number of nitrogens with zero attached hydrogens (tertiary/aromatic N) is 3. The van der Waals surface area contributed by atoms with Gasteiger partial charge < -0.3 is 15.5 Å². The summed E-state index contributed by atoms with van der Waals surface area (Å²) in [6, 6.07) is 8.67. The van der Waals surface area contributed by atoms with Gasteiger partial charge in [0.2, 0.25) is 0 Å². The van der Waals surface area contributed by atoms with Gasteiger partial charge in [0.05, 0.1) is 6.54 Å². The molecule has 0 saturated carbocycles. The van der Waals surface area contributed by atoms with Crippen LogP contribution in [0.3, 0.4) is 0 Å². The molecular formula is C19H30N4. The maximum Gasteiger partial charge on any atom is 0.191 e. The highest BCUT2D eigenvalue weighted by Gasteiger charge is 2.18. The number of para-hydroxylation sites is 1. The molecule has 2 aliphatic rings. The van der Waals surface area contributed by atoms with Crippen LogP contribution in [0, 0.1) is 5.92 Å². The van der Waals surface area contributed by atoms with Gasteiger partial charge in [-0.3, -0.25) is 0 Å². The molecule has 126 valence electrons. The molecule has 1 aromatic rings. The lowest BCUT2D eigenvalue weighted by molar-refractivity contribution is 0.270. The highest BCUT2D eigenvalue weighted by atomic mass is 15.3. The third kappa shape index (κ3) is 4.18. The average Bonchev–Trinajstić information content (AvgIpc) is 2.60. The maximum atomic E-state index is 6.25. The lowest BCUT2D eigenvalue weighted by Crippen LogP contribution is -2.43. The summed E-state index contributed by atoms with van der Waals surface area (Å²) in [5, 5.41) is 0. The predicted octanol–water partition coefficient (Wildman–Crippen LogP) is 3.22. The zero-order valence-corrected chi connectivity index (χ0v) is 14.4. The average molecular weight is 314 g/mol. The SMILES string of the molecule is CC1CCCN(C(N)=NCc2ccccc2N2CCCCC2)C1. The number of nitrogens with two attached hydrogens (primary N) is 1. The fourth-order valence-corrected chi connectivity index (χ4v) is 3.75. The van der Waals surface area contributed by atoms with Crippen LogP contribution in [-0.2, 0) is 6.54 Å². The van der Waals surface area contributed by atoms with Crippen molar-refractivity contribution in [2.45, 2.75) is 45.6 Å². The second-order valence-corrected chi connectivity index (χ2v) is 7.04. The van der Waals surface area contributed by atoms with Gasteiger partial charge in [-0.2, -0.15) is 0 Å². The van der Waals surface area contributed by atoms with Crippen LogP contribution in [0.4, 0.5) is 5.69 Å². The molecule has 2 saturated heterocycles. The van der Waals surface area contributed by atoms with Crippen molar-refractivity contribution in [1.29, 1.82) is 0 Å². The zero-order valence-electron chi connectivity index (χ0n) is 14.4. The lowest BCUT2D eigenvalue weighted by Gasteiger charge is -2.32. The molecule has 4 nitrogen and oxygen atoms in total. The molecule has 23 heavy (non-hydrogen) atoms. The van der Waals surface area contributed by atoms with Crippen molar-refractivity contribution in [3.05, 3.63) is 29.8 Å². The van der Waals surface area contributed by atoms with Gasteiger partial charge in [-0.15, -0.1) is 0 Å². The maximum absolute atomic E-state index is 6.25. The second kappa shape index (κ2) is 7.71. The minimum absolute atomic E-state index is 0.684. The highest BCUT2D eigenvalue weighted by Crippen LogP contribution is 2.25. The minimum Gasteiger partial charge on any atom is -0.371 e. The first-order valence-electron chi connectivity index (χ1n) is 9.12. The Morgan fingerprint density at radius 3 is 2.70 bits per heavy atom. The summed E-state index contributed by atoms with van der Waals surface area (Å²) in [6.07, 6.45) is 6.48. The summed E-state index contributed by atoms with van der Waals surface area (Å²) >= 11 is 0. The molecule has 4 heteroatoms. The van der Waals surface area contributed by atoms with Crippen LogP contribution in [0.1, 0.15) is 44.6 Å². The van der Waals surface area contributed by atoms with Crippen LogP contribution in [0.2, 0.25) is 0 Å². The number of benzene rings is 1. The van der Waals surface area contributed by atoms with E-state index in [0.29, 0.717) is 12.5 Å². The summed E-state index contributed by atoms with van der Waals surface area (Å²) in [6.45, 7) is 7.41. The quantitative estimate of drug-likeness (QED) is 0.688. The van der Waals surface area contributed by atoms with Crippen molar-refractivity contribution in [2.75, 3.05) is 31.1 Å². The molecule has 3 rings (SSSR count). The summed E-state index contributed by atoms with van der Waals surface area (Å²) in [4.78, 5) is 9.46. The molecule has 0 aromatic heterocycles. The van der Waals surface area contributed by atoms with Gasteiger partial charge in [0.1, 0.15) is 0 Å². The number of hydrogen-bond acceptors (Lipinski definition) is 2. The molecule has 0 spiro atoms. The highest BCUT2D eigenvalue weighted by molar-refractivity contribution is 5.78. The molecule has 2 heterocycles. The van der Waals surface area contributed by atoms with Crippen molar-refractivity contribution < 1.29 is 0 Å². The minimum atomic E-state index is 0.684. The van der Waals surface area contributed by atoms with Crippen molar-refractivity contribution in [2.24, 2.45) is 16.6 Å². The number of hydrogen-bond donors (Lipinski definition) is 1. The first kappa shape index (κ1) is 16.2. The number of aliphatic imine (C=N–C) groups is 1. The second-order valence-electron chi connectivity index (χ2n) is 7.04. The Morgan fingerprint density at radius 2 is 1.91 bits per heavy atom. The van der Waals surface area contributed by atoms with E-state index >= 15 is 0 Å². The van der Waals surface area contributed by atoms with E-state index in [-0.39, 0.29) is 0 Å². The van der Waals surface area contributed by atoms with Crippen molar-refractivity contribution >= 4 is 11.6 Å². The Bertz CT molecular complexity index is 534. The van der Waals surface area contributed by atoms with Crippen LogP contribution in [0.25, 0.3) is 0 Å². The van der Waals surface area contributed by atoms with E-state index in [1.807, 2.05) is 0 Å². The fraction of sp³-hybridized carbons (Fsp3) is 0.632. The van der Waals surface area contributed by atoms with E-state index in [4.69, 9.17) is 10.7 Å². The Morgan fingerprint density at radius 1 is 1.13 bits per heavy atom. The van der Waals surface area contributed by atoms with Crippen LogP contribution in [-0.4, -0.2) is 37.0 Å². The van der Waals surface area contributed by atoms with Crippen LogP contribution in [0.15, 0.2) is 29.3 Å². The van der Waals surface area contributed by atoms with Crippen molar-refractivity contribution in [1.82, 2.24) is 4.90 Å². The van der Waals surface area contributed by atoms with Gasteiger partial charge in [-0.1, -0.05) is 25.1 Å². The molecular weight excluding hydrogens is 284 g/mol.